The molecule has 10 heteroatoms. The molecule has 9 nitrogen and oxygen atoms in total. The molecule has 1 unspecified atom stereocenters. The van der Waals surface area contributed by atoms with Crippen molar-refractivity contribution in [2.75, 3.05) is 33.2 Å². The van der Waals surface area contributed by atoms with Crippen molar-refractivity contribution in [3.05, 3.63) is 47.0 Å². The summed E-state index contributed by atoms with van der Waals surface area (Å²) in [5.74, 6) is -0.0428. The lowest BCUT2D eigenvalue weighted by molar-refractivity contribution is -0.133. The maximum Gasteiger partial charge on any atom is 0.325 e. The number of ether oxygens (including phenoxy) is 3. The Bertz CT molecular complexity index is 1000. The van der Waals surface area contributed by atoms with Crippen LogP contribution in [0.2, 0.25) is 5.02 Å². The summed E-state index contributed by atoms with van der Waals surface area (Å²) in [5.41, 5.74) is -0.385. The maximum atomic E-state index is 13.0. The molecule has 0 spiro atoms. The first-order valence-electron chi connectivity index (χ1n) is 9.23. The molecule has 164 valence electrons. The lowest BCUT2D eigenvalue weighted by Crippen LogP contribution is -2.42. The molecule has 1 atom stereocenters. The van der Waals surface area contributed by atoms with Gasteiger partial charge in [-0.15, -0.1) is 0 Å². The lowest BCUT2D eigenvalue weighted by Gasteiger charge is -2.22. The van der Waals surface area contributed by atoms with Crippen LogP contribution in [-0.2, 0) is 15.1 Å². The molecule has 1 aliphatic heterocycles. The second-order valence-electron chi connectivity index (χ2n) is 6.92. The van der Waals surface area contributed by atoms with E-state index in [9.17, 15) is 14.4 Å². The number of nitrogens with one attached hydrogen (secondary N) is 2. The zero-order valence-corrected chi connectivity index (χ0v) is 18.2. The van der Waals surface area contributed by atoms with Gasteiger partial charge in [0.2, 0.25) is 11.7 Å². The molecule has 31 heavy (non-hydrogen) atoms. The Morgan fingerprint density at radius 2 is 1.65 bits per heavy atom. The van der Waals surface area contributed by atoms with E-state index < -0.39 is 29.9 Å². The van der Waals surface area contributed by atoms with Gasteiger partial charge in [-0.3, -0.25) is 14.5 Å². The normalized spacial score (nSPS) is 17.9. The second-order valence-corrected chi connectivity index (χ2v) is 7.35. The van der Waals surface area contributed by atoms with Crippen molar-refractivity contribution in [1.29, 1.82) is 0 Å². The average Bonchev–Trinajstić information content (AvgIpc) is 2.97. The Morgan fingerprint density at radius 1 is 1.06 bits per heavy atom. The van der Waals surface area contributed by atoms with Crippen molar-refractivity contribution in [3.8, 4) is 17.2 Å². The van der Waals surface area contributed by atoms with Crippen molar-refractivity contribution in [3.63, 3.8) is 0 Å². The van der Waals surface area contributed by atoms with Gasteiger partial charge in [0.15, 0.2) is 11.5 Å². The number of anilines is 1. The van der Waals surface area contributed by atoms with Crippen LogP contribution in [0.15, 0.2) is 36.4 Å². The minimum atomic E-state index is -1.30. The number of benzene rings is 2. The number of amides is 4. The van der Waals surface area contributed by atoms with Gasteiger partial charge in [0.25, 0.3) is 5.91 Å². The molecule has 3 rings (SSSR count). The molecular formula is C21H22ClN3O6. The molecule has 2 aromatic carbocycles. The van der Waals surface area contributed by atoms with E-state index in [0.29, 0.717) is 33.5 Å². The van der Waals surface area contributed by atoms with E-state index in [1.54, 1.807) is 43.3 Å². The minimum Gasteiger partial charge on any atom is -0.493 e. The average molecular weight is 448 g/mol. The topological polar surface area (TPSA) is 106 Å². The standard InChI is InChI=1S/C21H22ClN3O6/c1-21(12-5-7-13(22)8-6-12)19(27)25(20(28)24-21)11-17(26)23-14-9-15(29-2)18(31-4)16(10-14)30-3/h5-10H,11H2,1-4H3,(H,23,26)(H,24,28). The predicted octanol–water partition coefficient (Wildman–Crippen LogP) is 2.77. The van der Waals surface area contributed by atoms with Crippen molar-refractivity contribution < 1.29 is 28.6 Å². The van der Waals surface area contributed by atoms with Crippen LogP contribution in [0.1, 0.15) is 12.5 Å². The lowest BCUT2D eigenvalue weighted by atomic mass is 9.92. The number of carbonyl (C=O) groups excluding carboxylic acids is 3. The van der Waals surface area contributed by atoms with E-state index in [1.807, 2.05) is 0 Å². The minimum absolute atomic E-state index is 0.349. The summed E-state index contributed by atoms with van der Waals surface area (Å²) in [4.78, 5) is 38.9. The third-order valence-corrected chi connectivity index (χ3v) is 5.20. The first-order chi connectivity index (χ1) is 14.7. The summed E-state index contributed by atoms with van der Waals surface area (Å²) in [7, 11) is 4.37. The highest BCUT2D eigenvalue weighted by molar-refractivity contribution is 6.30. The summed E-state index contributed by atoms with van der Waals surface area (Å²) in [5, 5.41) is 5.79. The van der Waals surface area contributed by atoms with E-state index >= 15 is 0 Å². The molecule has 0 aliphatic carbocycles. The van der Waals surface area contributed by atoms with Gasteiger partial charge in [-0.1, -0.05) is 23.7 Å². The van der Waals surface area contributed by atoms with Gasteiger partial charge < -0.3 is 24.8 Å². The number of imide groups is 1. The van der Waals surface area contributed by atoms with Crippen LogP contribution in [-0.4, -0.2) is 50.6 Å². The highest BCUT2D eigenvalue weighted by Gasteiger charge is 2.49. The fourth-order valence-corrected chi connectivity index (χ4v) is 3.44. The zero-order chi connectivity index (χ0) is 22.8. The Morgan fingerprint density at radius 3 is 2.16 bits per heavy atom. The van der Waals surface area contributed by atoms with E-state index in [-0.39, 0.29) is 0 Å². The Balaban J connectivity index is 1.77. The van der Waals surface area contributed by atoms with Gasteiger partial charge in [-0.05, 0) is 24.6 Å². The zero-order valence-electron chi connectivity index (χ0n) is 17.4. The number of nitrogens with zero attached hydrogens (tertiary/aromatic N) is 1. The van der Waals surface area contributed by atoms with Crippen LogP contribution in [0, 0.1) is 0 Å². The predicted molar refractivity (Wildman–Crippen MR) is 114 cm³/mol. The second kappa shape index (κ2) is 8.73. The summed E-state index contributed by atoms with van der Waals surface area (Å²) in [6.07, 6.45) is 0. The fraction of sp³-hybridized carbons (Fsp3) is 0.286. The van der Waals surface area contributed by atoms with Crippen LogP contribution >= 0.6 is 11.6 Å². The number of carbonyl (C=O) groups is 3. The van der Waals surface area contributed by atoms with Gasteiger partial charge in [-0.25, -0.2) is 4.79 Å². The molecule has 1 fully saturated rings. The van der Waals surface area contributed by atoms with Crippen LogP contribution < -0.4 is 24.8 Å². The fourth-order valence-electron chi connectivity index (χ4n) is 3.32. The van der Waals surface area contributed by atoms with Crippen molar-refractivity contribution >= 4 is 35.1 Å². The van der Waals surface area contributed by atoms with E-state index in [0.717, 1.165) is 4.90 Å². The highest BCUT2D eigenvalue weighted by atomic mass is 35.5. The number of methoxy groups -OCH3 is 3. The molecule has 2 N–H and O–H groups in total. The highest BCUT2D eigenvalue weighted by Crippen LogP contribution is 2.40. The molecule has 1 saturated heterocycles. The third kappa shape index (κ3) is 4.22. The summed E-state index contributed by atoms with van der Waals surface area (Å²) in [6.45, 7) is 1.11. The van der Waals surface area contributed by atoms with Crippen molar-refractivity contribution in [1.82, 2.24) is 10.2 Å². The molecule has 0 bridgehead atoms. The van der Waals surface area contributed by atoms with Gasteiger partial charge in [0.1, 0.15) is 12.1 Å². The van der Waals surface area contributed by atoms with E-state index in [1.165, 1.54) is 21.3 Å². The molecule has 1 aliphatic rings. The van der Waals surface area contributed by atoms with Crippen LogP contribution in [0.3, 0.4) is 0 Å². The molecular weight excluding hydrogens is 426 g/mol. The Hall–Kier alpha value is -3.46. The Kier molecular flexibility index (Phi) is 6.26. The number of rotatable bonds is 7. The first-order valence-corrected chi connectivity index (χ1v) is 9.61. The monoisotopic (exact) mass is 447 g/mol. The number of halogens is 1. The largest absolute Gasteiger partial charge is 0.493 e. The maximum absolute atomic E-state index is 13.0. The summed E-state index contributed by atoms with van der Waals surface area (Å²) >= 11 is 5.90. The molecule has 4 amide bonds. The van der Waals surface area contributed by atoms with Gasteiger partial charge in [0.05, 0.1) is 21.3 Å². The number of urea groups is 1. The van der Waals surface area contributed by atoms with Crippen molar-refractivity contribution in [2.45, 2.75) is 12.5 Å². The number of hydrogen-bond donors (Lipinski definition) is 2. The van der Waals surface area contributed by atoms with E-state index in [2.05, 4.69) is 10.6 Å². The van der Waals surface area contributed by atoms with Crippen LogP contribution in [0.25, 0.3) is 0 Å². The smallest absolute Gasteiger partial charge is 0.325 e. The quantitative estimate of drug-likeness (QED) is 0.632. The molecule has 0 saturated carbocycles. The van der Waals surface area contributed by atoms with Gasteiger partial charge in [0, 0.05) is 22.8 Å². The molecule has 0 aromatic heterocycles. The van der Waals surface area contributed by atoms with Crippen LogP contribution in [0.4, 0.5) is 10.5 Å². The van der Waals surface area contributed by atoms with Crippen LogP contribution in [0.5, 0.6) is 17.2 Å². The number of hydrogen-bond acceptors (Lipinski definition) is 6. The van der Waals surface area contributed by atoms with Gasteiger partial charge in [-0.2, -0.15) is 0 Å². The first kappa shape index (κ1) is 22.2. The van der Waals surface area contributed by atoms with E-state index in [4.69, 9.17) is 25.8 Å². The SMILES string of the molecule is COc1cc(NC(=O)CN2C(=O)NC(C)(c3ccc(Cl)cc3)C2=O)cc(OC)c1OC. The molecule has 2 aromatic rings. The summed E-state index contributed by atoms with van der Waals surface area (Å²) < 4.78 is 15.8. The molecule has 0 radical (unpaired) electrons. The third-order valence-electron chi connectivity index (χ3n) is 4.95. The van der Waals surface area contributed by atoms with Gasteiger partial charge >= 0.3 is 6.03 Å². The Labute approximate surface area is 184 Å². The van der Waals surface area contributed by atoms with Crippen molar-refractivity contribution in [2.24, 2.45) is 0 Å². The summed E-state index contributed by atoms with van der Waals surface area (Å²) in [6, 6.07) is 8.98. The molecule has 1 heterocycles.